The molecule has 0 aliphatic carbocycles. The number of aromatic nitrogens is 2. The van der Waals surface area contributed by atoms with Gasteiger partial charge in [-0.2, -0.15) is 0 Å². The number of rotatable bonds is 7. The lowest BCUT2D eigenvalue weighted by Crippen LogP contribution is -1.97. The summed E-state index contributed by atoms with van der Waals surface area (Å²) in [6.45, 7) is 10.2. The fraction of sp³-hybridized carbons (Fsp3) is 0.250. The maximum Gasteiger partial charge on any atom is 0.142 e. The van der Waals surface area contributed by atoms with E-state index in [1.807, 2.05) is 56.3 Å². The van der Waals surface area contributed by atoms with Crippen LogP contribution in [0, 0.1) is 6.92 Å². The van der Waals surface area contributed by atoms with Gasteiger partial charge in [-0.25, -0.2) is 4.98 Å². The van der Waals surface area contributed by atoms with Crippen molar-refractivity contribution in [2.24, 2.45) is 0 Å². The fourth-order valence-corrected chi connectivity index (χ4v) is 4.31. The van der Waals surface area contributed by atoms with Crippen LogP contribution in [0.3, 0.4) is 0 Å². The Balaban J connectivity index is 1.99. The third kappa shape index (κ3) is 4.01. The second-order valence-electron chi connectivity index (χ2n) is 8.54. The van der Waals surface area contributed by atoms with Crippen molar-refractivity contribution in [3.05, 3.63) is 71.8 Å². The van der Waals surface area contributed by atoms with Crippen LogP contribution >= 0.6 is 0 Å². The van der Waals surface area contributed by atoms with Gasteiger partial charge >= 0.3 is 0 Å². The first-order chi connectivity index (χ1) is 15.4. The first-order valence-electron chi connectivity index (χ1n) is 11.2. The molecule has 1 heterocycles. The van der Waals surface area contributed by atoms with Gasteiger partial charge in [-0.15, -0.1) is 0 Å². The van der Waals surface area contributed by atoms with Crippen LogP contribution in [-0.2, 0) is 6.42 Å². The largest absolute Gasteiger partial charge is 0.507 e. The molecule has 0 bridgehead atoms. The molecule has 0 saturated carbocycles. The summed E-state index contributed by atoms with van der Waals surface area (Å²) < 4.78 is 0. The summed E-state index contributed by atoms with van der Waals surface area (Å²) in [5.41, 5.74) is 7.29. The molecule has 0 aliphatic rings. The van der Waals surface area contributed by atoms with Gasteiger partial charge in [-0.05, 0) is 61.6 Å². The van der Waals surface area contributed by atoms with Gasteiger partial charge in [0.05, 0.1) is 22.2 Å². The van der Waals surface area contributed by atoms with Crippen molar-refractivity contribution >= 4 is 16.6 Å². The molecule has 4 aromatic rings. The molecule has 0 atom stereocenters. The van der Waals surface area contributed by atoms with E-state index in [4.69, 9.17) is 4.98 Å². The van der Waals surface area contributed by atoms with Gasteiger partial charge in [-0.3, -0.25) is 0 Å². The van der Waals surface area contributed by atoms with Crippen LogP contribution in [0.2, 0.25) is 0 Å². The Hall–Kier alpha value is -3.53. The molecule has 0 fully saturated rings. The molecule has 0 unspecified atom stereocenters. The number of para-hydroxylation sites is 2. The van der Waals surface area contributed by atoms with E-state index in [9.17, 15) is 10.2 Å². The monoisotopic (exact) mass is 426 g/mol. The molecule has 0 amide bonds. The molecule has 0 spiro atoms. The Morgan fingerprint density at radius 2 is 1.81 bits per heavy atom. The summed E-state index contributed by atoms with van der Waals surface area (Å²) in [6, 6.07) is 15.6. The van der Waals surface area contributed by atoms with E-state index in [2.05, 4.69) is 18.5 Å². The minimum atomic E-state index is 0.0451. The van der Waals surface area contributed by atoms with Crippen molar-refractivity contribution < 1.29 is 10.2 Å². The summed E-state index contributed by atoms with van der Waals surface area (Å²) in [4.78, 5) is 8.12. The highest BCUT2D eigenvalue weighted by Gasteiger charge is 2.24. The van der Waals surface area contributed by atoms with Gasteiger partial charge in [0.15, 0.2) is 0 Å². The SMILES string of the molecule is C=C(C)c1ccc(C)cc1-c1c(O)cc(CCCCC)c(-c2nc3ccccc3[nH]2)c1O. The molecule has 1 aromatic heterocycles. The number of unbranched alkanes of at least 4 members (excludes halogenated alkanes) is 2. The van der Waals surface area contributed by atoms with Crippen LogP contribution in [0.5, 0.6) is 11.5 Å². The van der Waals surface area contributed by atoms with Gasteiger partial charge in [-0.1, -0.05) is 67.8 Å². The van der Waals surface area contributed by atoms with Gasteiger partial charge < -0.3 is 15.2 Å². The minimum Gasteiger partial charge on any atom is -0.507 e. The topological polar surface area (TPSA) is 69.1 Å². The van der Waals surface area contributed by atoms with E-state index in [0.717, 1.165) is 64.5 Å². The lowest BCUT2D eigenvalue weighted by molar-refractivity contribution is 0.453. The van der Waals surface area contributed by atoms with Crippen molar-refractivity contribution in [2.75, 3.05) is 0 Å². The van der Waals surface area contributed by atoms with Crippen LogP contribution < -0.4 is 0 Å². The number of hydrogen-bond acceptors (Lipinski definition) is 3. The molecule has 4 nitrogen and oxygen atoms in total. The molecule has 32 heavy (non-hydrogen) atoms. The molecule has 0 radical (unpaired) electrons. The number of imidazole rings is 1. The number of aryl methyl sites for hydroxylation is 2. The molecular weight excluding hydrogens is 396 g/mol. The minimum absolute atomic E-state index is 0.0451. The Bertz CT molecular complexity index is 1270. The molecule has 3 aromatic carbocycles. The maximum absolute atomic E-state index is 11.6. The predicted octanol–water partition coefficient (Wildman–Crippen LogP) is 7.38. The Morgan fingerprint density at radius 3 is 2.53 bits per heavy atom. The lowest BCUT2D eigenvalue weighted by atomic mass is 9.89. The number of H-pyrrole nitrogens is 1. The number of allylic oxidation sites excluding steroid dienone is 1. The number of phenolic OH excluding ortho intramolecular Hbond substituents is 2. The summed E-state index contributed by atoms with van der Waals surface area (Å²) in [6.07, 6.45) is 3.91. The van der Waals surface area contributed by atoms with Gasteiger partial charge in [0, 0.05) is 0 Å². The molecule has 4 heteroatoms. The van der Waals surface area contributed by atoms with Crippen LogP contribution in [0.25, 0.3) is 39.1 Å². The predicted molar refractivity (Wildman–Crippen MR) is 133 cm³/mol. The number of nitrogens with one attached hydrogen (secondary N) is 1. The molecular formula is C28H30N2O2. The van der Waals surface area contributed by atoms with Crippen LogP contribution in [0.4, 0.5) is 0 Å². The number of aromatic hydroxyl groups is 2. The zero-order valence-corrected chi connectivity index (χ0v) is 19.0. The standard InChI is InChI=1S/C28H30N2O2/c1-5-6-7-10-19-16-24(31)26(21-15-18(4)13-14-20(21)17(2)3)27(32)25(19)28-29-22-11-8-9-12-23(22)30-28/h8-9,11-16,31-32H,2,5-7,10H2,1,3-4H3,(H,29,30). The smallest absolute Gasteiger partial charge is 0.142 e. The van der Waals surface area contributed by atoms with E-state index in [1.165, 1.54) is 0 Å². The van der Waals surface area contributed by atoms with Crippen molar-refractivity contribution in [3.8, 4) is 34.0 Å². The zero-order valence-electron chi connectivity index (χ0n) is 19.0. The van der Waals surface area contributed by atoms with Crippen molar-refractivity contribution in [1.82, 2.24) is 9.97 Å². The van der Waals surface area contributed by atoms with E-state index < -0.39 is 0 Å². The number of aromatic amines is 1. The first-order valence-corrected chi connectivity index (χ1v) is 11.2. The summed E-state index contributed by atoms with van der Waals surface area (Å²) in [5, 5.41) is 22.7. The summed E-state index contributed by atoms with van der Waals surface area (Å²) in [5.74, 6) is 0.728. The summed E-state index contributed by atoms with van der Waals surface area (Å²) in [7, 11) is 0. The molecule has 4 rings (SSSR count). The van der Waals surface area contributed by atoms with Crippen molar-refractivity contribution in [2.45, 2.75) is 46.5 Å². The van der Waals surface area contributed by atoms with Gasteiger partial charge in [0.25, 0.3) is 0 Å². The third-order valence-electron chi connectivity index (χ3n) is 5.94. The number of nitrogens with zero attached hydrogens (tertiary/aromatic N) is 1. The van der Waals surface area contributed by atoms with Crippen molar-refractivity contribution in [1.29, 1.82) is 0 Å². The molecule has 164 valence electrons. The number of benzene rings is 3. The average molecular weight is 427 g/mol. The summed E-state index contributed by atoms with van der Waals surface area (Å²) >= 11 is 0. The average Bonchev–Trinajstić information content (AvgIpc) is 3.17. The number of hydrogen-bond donors (Lipinski definition) is 3. The third-order valence-corrected chi connectivity index (χ3v) is 5.94. The van der Waals surface area contributed by atoms with Gasteiger partial charge in [0.1, 0.15) is 17.3 Å². The first kappa shape index (κ1) is 21.7. The molecule has 0 saturated heterocycles. The molecule has 0 aliphatic heterocycles. The van der Waals surface area contributed by atoms with E-state index in [-0.39, 0.29) is 11.5 Å². The number of phenols is 2. The fourth-order valence-electron chi connectivity index (χ4n) is 4.31. The van der Waals surface area contributed by atoms with Crippen LogP contribution in [-0.4, -0.2) is 20.2 Å². The highest BCUT2D eigenvalue weighted by atomic mass is 16.3. The van der Waals surface area contributed by atoms with Crippen LogP contribution in [0.1, 0.15) is 49.8 Å². The zero-order chi connectivity index (χ0) is 22.8. The van der Waals surface area contributed by atoms with Crippen molar-refractivity contribution in [3.63, 3.8) is 0 Å². The highest BCUT2D eigenvalue weighted by Crippen LogP contribution is 2.47. The second kappa shape index (κ2) is 8.91. The Morgan fingerprint density at radius 1 is 1.03 bits per heavy atom. The second-order valence-corrected chi connectivity index (χ2v) is 8.54. The maximum atomic E-state index is 11.6. The van der Waals surface area contributed by atoms with E-state index in [0.29, 0.717) is 17.0 Å². The normalized spacial score (nSPS) is 11.2. The molecule has 3 N–H and O–H groups in total. The van der Waals surface area contributed by atoms with E-state index in [1.54, 1.807) is 6.07 Å². The highest BCUT2D eigenvalue weighted by molar-refractivity contribution is 5.92. The van der Waals surface area contributed by atoms with Crippen LogP contribution in [0.15, 0.2) is 55.1 Å². The quantitative estimate of drug-likeness (QED) is 0.270. The Labute approximate surface area is 189 Å². The van der Waals surface area contributed by atoms with Gasteiger partial charge in [0.2, 0.25) is 0 Å². The Kier molecular flexibility index (Phi) is 6.04. The lowest BCUT2D eigenvalue weighted by Gasteiger charge is -2.18. The van der Waals surface area contributed by atoms with E-state index >= 15 is 0 Å². The number of fused-ring (bicyclic) bond motifs is 1.